The number of nitrogens with one attached hydrogen (secondary N) is 1. The molecule has 0 atom stereocenters. The van der Waals surface area contributed by atoms with Crippen molar-refractivity contribution in [2.75, 3.05) is 7.05 Å². The van der Waals surface area contributed by atoms with E-state index in [0.717, 1.165) is 4.88 Å². The number of alkyl carbamates (subject to hydrolysis) is 1. The average Bonchev–Trinajstić information content (AvgIpc) is 2.76. The van der Waals surface area contributed by atoms with Gasteiger partial charge in [0.25, 0.3) is 0 Å². The standard InChI is InChI=1S/C16H26N2O3S/c1-15(2,3)21-14(20)17-16(4,5)10-13(19)18(6)11-12-8-7-9-22-12/h7-9H,10-11H2,1-6H3,(H,17,20). The molecule has 1 aromatic heterocycles. The quantitative estimate of drug-likeness (QED) is 0.902. The lowest BCUT2D eigenvalue weighted by Crippen LogP contribution is -2.48. The van der Waals surface area contributed by atoms with Gasteiger partial charge >= 0.3 is 6.09 Å². The van der Waals surface area contributed by atoms with E-state index in [0.29, 0.717) is 6.54 Å². The number of ether oxygens (including phenoxy) is 1. The second-order valence-corrected chi connectivity index (χ2v) is 8.05. The van der Waals surface area contributed by atoms with Crippen LogP contribution in [0.2, 0.25) is 0 Å². The fraction of sp³-hybridized carbons (Fsp3) is 0.625. The molecule has 0 bridgehead atoms. The third kappa shape index (κ3) is 6.93. The van der Waals surface area contributed by atoms with Crippen LogP contribution in [-0.2, 0) is 16.1 Å². The van der Waals surface area contributed by atoms with Crippen molar-refractivity contribution in [1.29, 1.82) is 0 Å². The number of amides is 2. The monoisotopic (exact) mass is 326 g/mol. The van der Waals surface area contributed by atoms with Crippen LogP contribution in [0.4, 0.5) is 4.79 Å². The molecule has 0 fully saturated rings. The zero-order valence-corrected chi connectivity index (χ0v) is 15.0. The predicted molar refractivity (Wildman–Crippen MR) is 88.9 cm³/mol. The van der Waals surface area contributed by atoms with Crippen molar-refractivity contribution in [3.05, 3.63) is 22.4 Å². The molecular weight excluding hydrogens is 300 g/mol. The highest BCUT2D eigenvalue weighted by Crippen LogP contribution is 2.16. The van der Waals surface area contributed by atoms with Gasteiger partial charge in [-0.1, -0.05) is 6.07 Å². The lowest BCUT2D eigenvalue weighted by Gasteiger charge is -2.29. The second kappa shape index (κ2) is 7.13. The molecular formula is C16H26N2O3S. The van der Waals surface area contributed by atoms with Gasteiger partial charge in [-0.15, -0.1) is 11.3 Å². The number of carbonyl (C=O) groups is 2. The molecule has 1 aromatic rings. The number of hydrogen-bond acceptors (Lipinski definition) is 4. The summed E-state index contributed by atoms with van der Waals surface area (Å²) in [6.45, 7) is 9.62. The topological polar surface area (TPSA) is 58.6 Å². The van der Waals surface area contributed by atoms with Crippen LogP contribution < -0.4 is 5.32 Å². The van der Waals surface area contributed by atoms with Crippen LogP contribution in [0.1, 0.15) is 45.9 Å². The minimum absolute atomic E-state index is 0.0190. The van der Waals surface area contributed by atoms with E-state index in [1.807, 2.05) is 31.4 Å². The van der Waals surface area contributed by atoms with Crippen LogP contribution in [0.25, 0.3) is 0 Å². The molecule has 0 radical (unpaired) electrons. The summed E-state index contributed by atoms with van der Waals surface area (Å²) in [6.07, 6.45) is -0.292. The minimum atomic E-state index is -0.664. The Labute approximate surface area is 136 Å². The summed E-state index contributed by atoms with van der Waals surface area (Å²) in [5.41, 5.74) is -1.22. The summed E-state index contributed by atoms with van der Waals surface area (Å²) < 4.78 is 5.23. The molecule has 1 heterocycles. The number of hydrogen-bond donors (Lipinski definition) is 1. The Bertz CT molecular complexity index is 504. The molecule has 1 N–H and O–H groups in total. The minimum Gasteiger partial charge on any atom is -0.444 e. The number of rotatable bonds is 5. The largest absolute Gasteiger partial charge is 0.444 e. The summed E-state index contributed by atoms with van der Waals surface area (Å²) in [5, 5.41) is 4.74. The molecule has 0 aromatic carbocycles. The molecule has 6 heteroatoms. The van der Waals surface area contributed by atoms with E-state index in [1.165, 1.54) is 0 Å². The van der Waals surface area contributed by atoms with Gasteiger partial charge in [0.05, 0.1) is 6.54 Å². The molecule has 0 aliphatic heterocycles. The molecule has 0 aliphatic rings. The number of thiophene rings is 1. The maximum atomic E-state index is 12.3. The molecule has 2 amide bonds. The van der Waals surface area contributed by atoms with Crippen molar-refractivity contribution < 1.29 is 14.3 Å². The zero-order valence-electron chi connectivity index (χ0n) is 14.2. The molecule has 0 unspecified atom stereocenters. The van der Waals surface area contributed by atoms with Gasteiger partial charge in [0, 0.05) is 23.9 Å². The Hall–Kier alpha value is -1.56. The van der Waals surface area contributed by atoms with Crippen LogP contribution in [-0.4, -0.2) is 35.1 Å². The summed E-state index contributed by atoms with van der Waals surface area (Å²) in [4.78, 5) is 26.9. The van der Waals surface area contributed by atoms with Gasteiger partial charge in [0.2, 0.25) is 5.91 Å². The number of carbonyl (C=O) groups excluding carboxylic acids is 2. The van der Waals surface area contributed by atoms with E-state index in [4.69, 9.17) is 4.74 Å². The lowest BCUT2D eigenvalue weighted by atomic mass is 10.00. The van der Waals surface area contributed by atoms with E-state index >= 15 is 0 Å². The molecule has 0 saturated heterocycles. The SMILES string of the molecule is CN(Cc1cccs1)C(=O)CC(C)(C)NC(=O)OC(C)(C)C. The van der Waals surface area contributed by atoms with Crippen LogP contribution in [0.15, 0.2) is 17.5 Å². The maximum absolute atomic E-state index is 12.3. The third-order valence-corrected chi connectivity index (χ3v) is 3.69. The number of nitrogens with zero attached hydrogens (tertiary/aromatic N) is 1. The van der Waals surface area contributed by atoms with E-state index in [9.17, 15) is 9.59 Å². The van der Waals surface area contributed by atoms with Gasteiger partial charge in [-0.25, -0.2) is 4.79 Å². The Morgan fingerprint density at radius 1 is 1.27 bits per heavy atom. The highest BCUT2D eigenvalue weighted by Gasteiger charge is 2.28. The van der Waals surface area contributed by atoms with E-state index in [2.05, 4.69) is 5.32 Å². The van der Waals surface area contributed by atoms with Crippen molar-refractivity contribution in [3.63, 3.8) is 0 Å². The Morgan fingerprint density at radius 3 is 2.41 bits per heavy atom. The van der Waals surface area contributed by atoms with Crippen LogP contribution in [0, 0.1) is 0 Å². The summed E-state index contributed by atoms with van der Waals surface area (Å²) in [5.74, 6) is -0.0190. The van der Waals surface area contributed by atoms with Crippen molar-refractivity contribution in [3.8, 4) is 0 Å². The predicted octanol–water partition coefficient (Wildman–Crippen LogP) is 3.40. The fourth-order valence-corrected chi connectivity index (χ4v) is 2.62. The molecule has 0 spiro atoms. The first kappa shape index (κ1) is 18.5. The highest BCUT2D eigenvalue weighted by atomic mass is 32.1. The van der Waals surface area contributed by atoms with Gasteiger partial charge in [0.15, 0.2) is 0 Å². The van der Waals surface area contributed by atoms with Crippen molar-refractivity contribution in [2.24, 2.45) is 0 Å². The zero-order chi connectivity index (χ0) is 17.0. The van der Waals surface area contributed by atoms with Gasteiger partial charge in [-0.3, -0.25) is 4.79 Å². The van der Waals surface area contributed by atoms with E-state index in [-0.39, 0.29) is 12.3 Å². The summed E-state index contributed by atoms with van der Waals surface area (Å²) in [6, 6.07) is 3.96. The Morgan fingerprint density at radius 2 is 1.91 bits per heavy atom. The summed E-state index contributed by atoms with van der Waals surface area (Å²) >= 11 is 1.62. The molecule has 0 aliphatic carbocycles. The molecule has 5 nitrogen and oxygen atoms in total. The summed E-state index contributed by atoms with van der Waals surface area (Å²) in [7, 11) is 1.77. The average molecular weight is 326 g/mol. The molecule has 0 saturated carbocycles. The van der Waals surface area contributed by atoms with Crippen molar-refractivity contribution >= 4 is 23.3 Å². The van der Waals surface area contributed by atoms with Crippen molar-refractivity contribution in [2.45, 2.75) is 58.7 Å². The van der Waals surface area contributed by atoms with Crippen LogP contribution >= 0.6 is 11.3 Å². The molecule has 1 rings (SSSR count). The molecule has 124 valence electrons. The first-order valence-corrected chi connectivity index (χ1v) is 8.14. The maximum Gasteiger partial charge on any atom is 0.408 e. The lowest BCUT2D eigenvalue weighted by molar-refractivity contribution is -0.131. The van der Waals surface area contributed by atoms with Crippen LogP contribution in [0.5, 0.6) is 0 Å². The second-order valence-electron chi connectivity index (χ2n) is 7.02. The Balaban J connectivity index is 2.52. The van der Waals surface area contributed by atoms with Gasteiger partial charge < -0.3 is 15.0 Å². The first-order valence-electron chi connectivity index (χ1n) is 7.26. The normalized spacial score (nSPS) is 11.9. The van der Waals surface area contributed by atoms with Gasteiger partial charge in [-0.05, 0) is 46.1 Å². The van der Waals surface area contributed by atoms with Gasteiger partial charge in [-0.2, -0.15) is 0 Å². The molecule has 22 heavy (non-hydrogen) atoms. The highest BCUT2D eigenvalue weighted by molar-refractivity contribution is 7.09. The van der Waals surface area contributed by atoms with Crippen LogP contribution in [0.3, 0.4) is 0 Å². The Kier molecular flexibility index (Phi) is 6.00. The smallest absolute Gasteiger partial charge is 0.408 e. The van der Waals surface area contributed by atoms with E-state index in [1.54, 1.807) is 44.1 Å². The third-order valence-electron chi connectivity index (χ3n) is 2.83. The fourth-order valence-electron chi connectivity index (χ4n) is 1.86. The first-order chi connectivity index (χ1) is 9.98. The van der Waals surface area contributed by atoms with Gasteiger partial charge in [0.1, 0.15) is 5.60 Å². The van der Waals surface area contributed by atoms with E-state index < -0.39 is 17.2 Å². The van der Waals surface area contributed by atoms with Crippen molar-refractivity contribution in [1.82, 2.24) is 10.2 Å².